The minimum absolute atomic E-state index is 0.903. The fourth-order valence-corrected chi connectivity index (χ4v) is 0.663. The Labute approximate surface area is 60.4 Å². The third-order valence-corrected chi connectivity index (χ3v) is 1.16. The van der Waals surface area contributed by atoms with Crippen molar-refractivity contribution >= 4 is 0 Å². The second-order valence-corrected chi connectivity index (χ2v) is 1.90. The summed E-state index contributed by atoms with van der Waals surface area (Å²) in [5, 5.41) is 0. The van der Waals surface area contributed by atoms with Gasteiger partial charge in [0.25, 0.3) is 0 Å². The van der Waals surface area contributed by atoms with Crippen LogP contribution in [0.2, 0.25) is 0 Å². The number of hydrazine groups is 1. The summed E-state index contributed by atoms with van der Waals surface area (Å²) in [5.41, 5.74) is 3.46. The summed E-state index contributed by atoms with van der Waals surface area (Å²) in [5.74, 6) is 5.20. The smallest absolute Gasteiger partial charge is 0.0485 e. The Bertz CT molecular complexity index is 209. The molecule has 0 saturated heterocycles. The number of nitrogens with two attached hydrogens (primary N) is 1. The average molecular weight is 134 g/mol. The molecule has 10 heavy (non-hydrogen) atoms. The second kappa shape index (κ2) is 3.69. The van der Waals surface area contributed by atoms with E-state index in [0.29, 0.717) is 0 Å². The van der Waals surface area contributed by atoms with E-state index in [-0.39, 0.29) is 0 Å². The maximum Gasteiger partial charge on any atom is 0.0485 e. The summed E-state index contributed by atoms with van der Waals surface area (Å²) in [6, 6.07) is 0. The van der Waals surface area contributed by atoms with Gasteiger partial charge in [-0.15, -0.1) is 0 Å². The van der Waals surface area contributed by atoms with Gasteiger partial charge >= 0.3 is 0 Å². The van der Waals surface area contributed by atoms with Crippen LogP contribution in [0.5, 0.6) is 0 Å². The number of hydrogen-bond acceptors (Lipinski definition) is 2. The van der Waals surface area contributed by atoms with Crippen LogP contribution in [0.3, 0.4) is 0 Å². The van der Waals surface area contributed by atoms with Gasteiger partial charge < -0.3 is 5.43 Å². The summed E-state index contributed by atoms with van der Waals surface area (Å²) in [6.45, 7) is 0. The van der Waals surface area contributed by atoms with Crippen molar-refractivity contribution in [2.24, 2.45) is 5.84 Å². The highest BCUT2D eigenvalue weighted by molar-refractivity contribution is 5.29. The van der Waals surface area contributed by atoms with Crippen molar-refractivity contribution in [1.29, 1.82) is 0 Å². The predicted octanol–water partition coefficient (Wildman–Crippen LogP) is 1.02. The highest BCUT2D eigenvalue weighted by Crippen LogP contribution is 1.95. The van der Waals surface area contributed by atoms with Gasteiger partial charge in [0.15, 0.2) is 0 Å². The van der Waals surface area contributed by atoms with Crippen molar-refractivity contribution in [3.63, 3.8) is 0 Å². The van der Waals surface area contributed by atoms with Gasteiger partial charge in [-0.25, -0.2) is 0 Å². The van der Waals surface area contributed by atoms with Crippen LogP contribution >= 0.6 is 0 Å². The normalized spacial score (nSPS) is 15.9. The fourth-order valence-electron chi connectivity index (χ4n) is 0.663. The average Bonchev–Trinajstić information content (AvgIpc) is 1.87. The number of nitrogens with one attached hydrogen (secondary N) is 1. The largest absolute Gasteiger partial charge is 0.324 e. The van der Waals surface area contributed by atoms with Crippen LogP contribution < -0.4 is 11.3 Å². The third-order valence-electron chi connectivity index (χ3n) is 1.16. The van der Waals surface area contributed by atoms with Crippen molar-refractivity contribution in [3.8, 4) is 0 Å². The van der Waals surface area contributed by atoms with Crippen LogP contribution in [-0.4, -0.2) is 0 Å². The molecule has 0 heterocycles. The molecule has 0 unspecified atom stereocenters. The van der Waals surface area contributed by atoms with E-state index in [9.17, 15) is 0 Å². The SMILES string of the molecule is NNC1=CC=CC=CC=C1. The number of hydrogen-bond donors (Lipinski definition) is 2. The Morgan fingerprint density at radius 3 is 2.50 bits per heavy atom. The van der Waals surface area contributed by atoms with E-state index < -0.39 is 0 Å². The van der Waals surface area contributed by atoms with Crippen LogP contribution in [0.25, 0.3) is 0 Å². The molecule has 3 N–H and O–H groups in total. The van der Waals surface area contributed by atoms with Gasteiger partial charge in [0.2, 0.25) is 0 Å². The molecule has 1 aliphatic carbocycles. The molecule has 0 atom stereocenters. The molecule has 0 aromatic rings. The zero-order valence-corrected chi connectivity index (χ0v) is 5.62. The van der Waals surface area contributed by atoms with Crippen LogP contribution in [0.1, 0.15) is 0 Å². The molecular formula is C8H10N2. The first kappa shape index (κ1) is 6.83. The van der Waals surface area contributed by atoms with Gasteiger partial charge in [0, 0.05) is 5.70 Å². The summed E-state index contributed by atoms with van der Waals surface area (Å²) in [6.07, 6.45) is 13.5. The summed E-state index contributed by atoms with van der Waals surface area (Å²) >= 11 is 0. The van der Waals surface area contributed by atoms with Crippen molar-refractivity contribution in [2.75, 3.05) is 0 Å². The van der Waals surface area contributed by atoms with E-state index in [1.165, 1.54) is 0 Å². The molecule has 1 rings (SSSR count). The summed E-state index contributed by atoms with van der Waals surface area (Å²) in [4.78, 5) is 0. The molecule has 0 bridgehead atoms. The monoisotopic (exact) mass is 134 g/mol. The summed E-state index contributed by atoms with van der Waals surface area (Å²) < 4.78 is 0. The van der Waals surface area contributed by atoms with E-state index in [1.807, 2.05) is 42.5 Å². The molecule has 1 aliphatic rings. The summed E-state index contributed by atoms with van der Waals surface area (Å²) in [7, 11) is 0. The van der Waals surface area contributed by atoms with Gasteiger partial charge in [-0.05, 0) is 12.2 Å². The van der Waals surface area contributed by atoms with Crippen molar-refractivity contribution in [1.82, 2.24) is 5.43 Å². The highest BCUT2D eigenvalue weighted by atomic mass is 15.2. The molecule has 0 aromatic heterocycles. The van der Waals surface area contributed by atoms with E-state index in [1.54, 1.807) is 0 Å². The van der Waals surface area contributed by atoms with Crippen LogP contribution in [0, 0.1) is 0 Å². The third kappa shape index (κ3) is 1.91. The Hall–Kier alpha value is -1.28. The molecule has 0 spiro atoms. The van der Waals surface area contributed by atoms with Crippen LogP contribution in [0.4, 0.5) is 0 Å². The fraction of sp³-hybridized carbons (Fsp3) is 0. The van der Waals surface area contributed by atoms with E-state index in [4.69, 9.17) is 5.84 Å². The predicted molar refractivity (Wildman–Crippen MR) is 42.8 cm³/mol. The maximum absolute atomic E-state index is 5.20. The number of rotatable bonds is 1. The zero-order chi connectivity index (χ0) is 7.23. The van der Waals surface area contributed by atoms with Crippen molar-refractivity contribution in [2.45, 2.75) is 0 Å². The molecular weight excluding hydrogens is 124 g/mol. The first-order valence-corrected chi connectivity index (χ1v) is 3.12. The molecule has 0 radical (unpaired) electrons. The van der Waals surface area contributed by atoms with E-state index in [0.717, 1.165) is 5.70 Å². The lowest BCUT2D eigenvalue weighted by atomic mass is 10.3. The Kier molecular flexibility index (Phi) is 2.52. The molecule has 0 fully saturated rings. The Morgan fingerprint density at radius 2 is 1.70 bits per heavy atom. The van der Waals surface area contributed by atoms with Crippen molar-refractivity contribution < 1.29 is 0 Å². The molecule has 0 aromatic carbocycles. The molecule has 2 heteroatoms. The van der Waals surface area contributed by atoms with Gasteiger partial charge in [0.05, 0.1) is 0 Å². The van der Waals surface area contributed by atoms with Crippen LogP contribution in [-0.2, 0) is 0 Å². The van der Waals surface area contributed by atoms with Gasteiger partial charge in [0.1, 0.15) is 0 Å². The number of allylic oxidation sites excluding steroid dienone is 7. The van der Waals surface area contributed by atoms with Gasteiger partial charge in [-0.1, -0.05) is 30.4 Å². The lowest BCUT2D eigenvalue weighted by Crippen LogP contribution is -2.19. The van der Waals surface area contributed by atoms with E-state index >= 15 is 0 Å². The zero-order valence-electron chi connectivity index (χ0n) is 5.62. The minimum atomic E-state index is 0.903. The Balaban J connectivity index is 2.73. The van der Waals surface area contributed by atoms with Crippen molar-refractivity contribution in [3.05, 3.63) is 48.2 Å². The first-order chi connectivity index (χ1) is 4.93. The minimum Gasteiger partial charge on any atom is -0.324 e. The maximum atomic E-state index is 5.20. The lowest BCUT2D eigenvalue weighted by Gasteiger charge is -1.97. The molecule has 52 valence electrons. The molecule has 0 amide bonds. The second-order valence-electron chi connectivity index (χ2n) is 1.90. The standard InChI is InChI=1S/C8H10N2/c9-10-8-6-4-2-1-3-5-7-8/h1-7,10H,9H2. The quantitative estimate of drug-likeness (QED) is 0.415. The molecule has 2 nitrogen and oxygen atoms in total. The molecule has 0 aliphatic heterocycles. The molecule has 0 saturated carbocycles. The highest BCUT2D eigenvalue weighted by Gasteiger charge is 1.82. The van der Waals surface area contributed by atoms with E-state index in [2.05, 4.69) is 5.43 Å². The lowest BCUT2D eigenvalue weighted by molar-refractivity contribution is 0.916. The Morgan fingerprint density at radius 1 is 1.00 bits per heavy atom. The van der Waals surface area contributed by atoms with Crippen LogP contribution in [0.15, 0.2) is 48.2 Å². The van der Waals surface area contributed by atoms with Gasteiger partial charge in [-0.3, -0.25) is 5.84 Å². The topological polar surface area (TPSA) is 38.0 Å². The first-order valence-electron chi connectivity index (χ1n) is 3.12. The van der Waals surface area contributed by atoms with Gasteiger partial charge in [-0.2, -0.15) is 0 Å².